The lowest BCUT2D eigenvalue weighted by molar-refractivity contribution is 0.126. The van der Waals surface area contributed by atoms with E-state index in [1.54, 1.807) is 0 Å². The van der Waals surface area contributed by atoms with Crippen molar-refractivity contribution in [2.24, 2.45) is 0 Å². The van der Waals surface area contributed by atoms with Crippen LogP contribution in [-0.4, -0.2) is 23.3 Å². The molecule has 1 aromatic heterocycles. The minimum absolute atomic E-state index is 0.395. The van der Waals surface area contributed by atoms with Crippen LogP contribution in [0.1, 0.15) is 23.9 Å². The highest BCUT2D eigenvalue weighted by molar-refractivity contribution is 5.56. The number of nitrogens with zero attached hydrogens (tertiary/aromatic N) is 2. The highest BCUT2D eigenvalue weighted by atomic mass is 16.5. The number of hydrogen-bond acceptors (Lipinski definition) is 5. The molecular formula is C14H17N3O2. The smallest absolute Gasteiger partial charge is 0.258 e. The van der Waals surface area contributed by atoms with Gasteiger partial charge in [0.25, 0.3) is 5.89 Å². The van der Waals surface area contributed by atoms with Crippen LogP contribution < -0.4 is 5.32 Å². The van der Waals surface area contributed by atoms with Crippen molar-refractivity contribution in [3.8, 4) is 11.5 Å². The van der Waals surface area contributed by atoms with Gasteiger partial charge in [-0.05, 0) is 43.1 Å². The van der Waals surface area contributed by atoms with E-state index >= 15 is 0 Å². The maximum absolute atomic E-state index is 5.28. The van der Waals surface area contributed by atoms with E-state index in [-0.39, 0.29) is 0 Å². The molecule has 1 N–H and O–H groups in total. The summed E-state index contributed by atoms with van der Waals surface area (Å²) in [4.78, 5) is 4.34. The van der Waals surface area contributed by atoms with Crippen molar-refractivity contribution >= 4 is 0 Å². The van der Waals surface area contributed by atoms with Gasteiger partial charge in [-0.2, -0.15) is 4.98 Å². The molecule has 0 spiro atoms. The first-order valence-electron chi connectivity index (χ1n) is 6.60. The summed E-state index contributed by atoms with van der Waals surface area (Å²) in [6.07, 6.45) is 1.08. The predicted molar refractivity (Wildman–Crippen MR) is 70.5 cm³/mol. The third-order valence-corrected chi connectivity index (χ3v) is 3.24. The first-order chi connectivity index (χ1) is 9.36. The summed E-state index contributed by atoms with van der Waals surface area (Å²) in [5.41, 5.74) is 3.68. The molecule has 0 bridgehead atoms. The zero-order valence-corrected chi connectivity index (χ0v) is 11.0. The molecule has 5 nitrogen and oxygen atoms in total. The monoisotopic (exact) mass is 259 g/mol. The summed E-state index contributed by atoms with van der Waals surface area (Å²) in [5, 5.41) is 7.28. The molecule has 3 rings (SSSR count). The van der Waals surface area contributed by atoms with E-state index in [4.69, 9.17) is 9.26 Å². The second-order valence-electron chi connectivity index (χ2n) is 4.56. The second-order valence-corrected chi connectivity index (χ2v) is 4.56. The van der Waals surface area contributed by atoms with Crippen molar-refractivity contribution < 1.29 is 9.26 Å². The summed E-state index contributed by atoms with van der Waals surface area (Å²) in [5.74, 6) is 1.15. The first-order valence-corrected chi connectivity index (χ1v) is 6.60. The molecule has 1 aliphatic rings. The fraction of sp³-hybridized carbons (Fsp3) is 0.429. The molecule has 100 valence electrons. The standard InChI is InChI=1S/C14H17N3O2/c1-2-18-9-13-16-14(19-17-13)11-4-3-10-5-6-15-8-12(10)7-11/h3-4,7,15H,2,5-6,8-9H2,1H3. The number of fused-ring (bicyclic) bond motifs is 1. The third-order valence-electron chi connectivity index (χ3n) is 3.24. The van der Waals surface area contributed by atoms with E-state index in [9.17, 15) is 0 Å². The van der Waals surface area contributed by atoms with Crippen molar-refractivity contribution in [3.63, 3.8) is 0 Å². The van der Waals surface area contributed by atoms with E-state index < -0.39 is 0 Å². The van der Waals surface area contributed by atoms with Crippen LogP contribution in [0.15, 0.2) is 22.7 Å². The van der Waals surface area contributed by atoms with Gasteiger partial charge in [-0.3, -0.25) is 0 Å². The van der Waals surface area contributed by atoms with E-state index in [2.05, 4.69) is 27.6 Å². The van der Waals surface area contributed by atoms with Crippen molar-refractivity contribution in [2.45, 2.75) is 26.5 Å². The number of ether oxygens (including phenoxy) is 1. The molecule has 1 aliphatic heterocycles. The molecule has 2 aromatic rings. The Balaban J connectivity index is 1.83. The molecule has 2 heterocycles. The van der Waals surface area contributed by atoms with Crippen LogP contribution in [0.25, 0.3) is 11.5 Å². The Kier molecular flexibility index (Phi) is 3.57. The summed E-state index contributed by atoms with van der Waals surface area (Å²) >= 11 is 0. The van der Waals surface area contributed by atoms with Gasteiger partial charge in [0.2, 0.25) is 0 Å². The van der Waals surface area contributed by atoms with E-state index in [1.165, 1.54) is 11.1 Å². The van der Waals surface area contributed by atoms with Crippen molar-refractivity contribution in [3.05, 3.63) is 35.2 Å². The fourth-order valence-electron chi connectivity index (χ4n) is 2.24. The van der Waals surface area contributed by atoms with Crippen molar-refractivity contribution in [2.75, 3.05) is 13.2 Å². The molecule has 19 heavy (non-hydrogen) atoms. The molecule has 0 saturated heterocycles. The summed E-state index contributed by atoms with van der Waals surface area (Å²) in [7, 11) is 0. The quantitative estimate of drug-likeness (QED) is 0.909. The van der Waals surface area contributed by atoms with Gasteiger partial charge in [0.1, 0.15) is 6.61 Å². The van der Waals surface area contributed by atoms with Crippen LogP contribution in [0.3, 0.4) is 0 Å². The molecular weight excluding hydrogens is 242 g/mol. The average molecular weight is 259 g/mol. The Labute approximate surface area is 112 Å². The molecule has 0 saturated carbocycles. The predicted octanol–water partition coefficient (Wildman–Crippen LogP) is 1.92. The van der Waals surface area contributed by atoms with Crippen molar-refractivity contribution in [1.82, 2.24) is 15.5 Å². The van der Waals surface area contributed by atoms with Crippen LogP contribution in [0.4, 0.5) is 0 Å². The lowest BCUT2D eigenvalue weighted by atomic mass is 9.98. The Hall–Kier alpha value is -1.72. The van der Waals surface area contributed by atoms with Gasteiger partial charge in [0.15, 0.2) is 5.82 Å². The van der Waals surface area contributed by atoms with Gasteiger partial charge in [-0.1, -0.05) is 11.2 Å². The maximum atomic E-state index is 5.28. The van der Waals surface area contributed by atoms with Crippen LogP contribution in [0.2, 0.25) is 0 Å². The highest BCUT2D eigenvalue weighted by Crippen LogP contribution is 2.23. The summed E-state index contributed by atoms with van der Waals surface area (Å²) in [6.45, 7) is 4.94. The topological polar surface area (TPSA) is 60.2 Å². The molecule has 0 fully saturated rings. The number of hydrogen-bond donors (Lipinski definition) is 1. The SMILES string of the molecule is CCOCc1noc(-c2ccc3c(c2)CNCC3)n1. The molecule has 0 radical (unpaired) electrons. The van der Waals surface area contributed by atoms with Crippen LogP contribution in [0, 0.1) is 0 Å². The highest BCUT2D eigenvalue weighted by Gasteiger charge is 2.13. The second kappa shape index (κ2) is 5.50. The lowest BCUT2D eigenvalue weighted by Gasteiger charge is -2.16. The lowest BCUT2D eigenvalue weighted by Crippen LogP contribution is -2.23. The molecule has 0 amide bonds. The van der Waals surface area contributed by atoms with Crippen LogP contribution in [-0.2, 0) is 24.3 Å². The van der Waals surface area contributed by atoms with Gasteiger partial charge >= 0.3 is 0 Å². The largest absolute Gasteiger partial charge is 0.374 e. The Morgan fingerprint density at radius 2 is 2.32 bits per heavy atom. The minimum atomic E-state index is 0.395. The number of benzene rings is 1. The van der Waals surface area contributed by atoms with Crippen LogP contribution in [0.5, 0.6) is 0 Å². The zero-order valence-electron chi connectivity index (χ0n) is 11.0. The average Bonchev–Trinajstić information content (AvgIpc) is 2.93. The molecule has 0 unspecified atom stereocenters. The van der Waals surface area contributed by atoms with E-state index in [0.717, 1.165) is 25.1 Å². The van der Waals surface area contributed by atoms with Gasteiger partial charge in [0, 0.05) is 18.7 Å². The fourth-order valence-corrected chi connectivity index (χ4v) is 2.24. The number of aromatic nitrogens is 2. The van der Waals surface area contributed by atoms with E-state index in [1.807, 2.05) is 13.0 Å². The number of nitrogens with one attached hydrogen (secondary N) is 1. The van der Waals surface area contributed by atoms with Gasteiger partial charge < -0.3 is 14.6 Å². The van der Waals surface area contributed by atoms with Gasteiger partial charge in [-0.25, -0.2) is 0 Å². The third kappa shape index (κ3) is 2.67. The minimum Gasteiger partial charge on any atom is -0.374 e. The molecule has 0 aliphatic carbocycles. The summed E-state index contributed by atoms with van der Waals surface area (Å²) < 4.78 is 10.5. The first kappa shape index (κ1) is 12.3. The summed E-state index contributed by atoms with van der Waals surface area (Å²) in [6, 6.07) is 6.32. The Morgan fingerprint density at radius 1 is 1.37 bits per heavy atom. The van der Waals surface area contributed by atoms with Crippen LogP contribution >= 0.6 is 0 Å². The van der Waals surface area contributed by atoms with Gasteiger partial charge in [0.05, 0.1) is 0 Å². The van der Waals surface area contributed by atoms with Crippen molar-refractivity contribution in [1.29, 1.82) is 0 Å². The van der Waals surface area contributed by atoms with E-state index in [0.29, 0.717) is 24.9 Å². The number of rotatable bonds is 4. The zero-order chi connectivity index (χ0) is 13.1. The molecule has 5 heteroatoms. The Morgan fingerprint density at radius 3 is 3.21 bits per heavy atom. The van der Waals surface area contributed by atoms with Gasteiger partial charge in [-0.15, -0.1) is 0 Å². The molecule has 1 aromatic carbocycles. The normalized spacial score (nSPS) is 14.4. The molecule has 0 atom stereocenters. The maximum Gasteiger partial charge on any atom is 0.258 e. The Bertz CT molecular complexity index is 566.